The maximum absolute atomic E-state index is 12.5. The summed E-state index contributed by atoms with van der Waals surface area (Å²) in [5.74, 6) is 0.0399. The largest absolute Gasteiger partial charge is 0.332 e. The van der Waals surface area contributed by atoms with Gasteiger partial charge in [0.15, 0.2) is 11.2 Å². The summed E-state index contributed by atoms with van der Waals surface area (Å²) in [6.45, 7) is 3.98. The number of aromatic nitrogens is 4. The number of nitrogens with zero attached hydrogens (tertiary/aromatic N) is 4. The number of carbonyl (C=O) groups is 1. The molecule has 27 heavy (non-hydrogen) atoms. The van der Waals surface area contributed by atoms with Gasteiger partial charge in [0.2, 0.25) is 11.2 Å². The molecule has 0 radical (unpaired) electrons. The molecule has 1 N–H and O–H groups in total. The van der Waals surface area contributed by atoms with Crippen molar-refractivity contribution >= 4 is 34.4 Å². The lowest BCUT2D eigenvalue weighted by molar-refractivity contribution is -0.116. The van der Waals surface area contributed by atoms with Crippen LogP contribution < -0.4 is 16.6 Å². The highest BCUT2D eigenvalue weighted by Crippen LogP contribution is 2.18. The topological polar surface area (TPSA) is 90.9 Å². The molecule has 0 fully saturated rings. The molecule has 1 aromatic carbocycles. The second kappa shape index (κ2) is 7.03. The minimum absolute atomic E-state index is 0.0337. The highest BCUT2D eigenvalue weighted by atomic mass is 35.5. The van der Waals surface area contributed by atoms with E-state index in [-0.39, 0.29) is 28.9 Å². The van der Waals surface area contributed by atoms with E-state index >= 15 is 0 Å². The van der Waals surface area contributed by atoms with Gasteiger partial charge in [0.05, 0.1) is 0 Å². The third-order valence-electron chi connectivity index (χ3n) is 4.46. The minimum Gasteiger partial charge on any atom is -0.325 e. The number of halogens is 1. The van der Waals surface area contributed by atoms with E-state index in [0.717, 1.165) is 4.57 Å². The predicted octanol–water partition coefficient (Wildman–Crippen LogP) is 1.85. The molecular weight excluding hydrogens is 370 g/mol. The summed E-state index contributed by atoms with van der Waals surface area (Å²) < 4.78 is 3.48. The Bertz CT molecular complexity index is 1140. The summed E-state index contributed by atoms with van der Waals surface area (Å²) in [7, 11) is 2.86. The van der Waals surface area contributed by atoms with Gasteiger partial charge >= 0.3 is 5.69 Å². The van der Waals surface area contributed by atoms with E-state index < -0.39 is 11.2 Å². The lowest BCUT2D eigenvalue weighted by Crippen LogP contribution is -2.37. The van der Waals surface area contributed by atoms with Gasteiger partial charge in [-0.05, 0) is 35.2 Å². The Hall–Kier alpha value is -2.87. The Kier molecular flexibility index (Phi) is 4.93. The molecule has 0 aliphatic rings. The Balaban J connectivity index is 1.92. The molecular formula is C18H20ClN5O3. The van der Waals surface area contributed by atoms with Gasteiger partial charge in [-0.1, -0.05) is 26.0 Å². The average Bonchev–Trinajstić information content (AvgIpc) is 2.95. The average molecular weight is 390 g/mol. The molecule has 0 atom stereocenters. The Morgan fingerprint density at radius 1 is 1.15 bits per heavy atom. The van der Waals surface area contributed by atoms with Gasteiger partial charge < -0.3 is 5.32 Å². The van der Waals surface area contributed by atoms with Crippen LogP contribution in [0.2, 0.25) is 5.28 Å². The van der Waals surface area contributed by atoms with Gasteiger partial charge in [-0.2, -0.15) is 4.98 Å². The van der Waals surface area contributed by atoms with E-state index in [4.69, 9.17) is 11.6 Å². The van der Waals surface area contributed by atoms with E-state index in [2.05, 4.69) is 24.1 Å². The summed E-state index contributed by atoms with van der Waals surface area (Å²) in [6, 6.07) is 7.55. The third kappa shape index (κ3) is 3.40. The summed E-state index contributed by atoms with van der Waals surface area (Å²) >= 11 is 6.13. The number of carbonyl (C=O) groups excluding carboxylic acids is 1. The van der Waals surface area contributed by atoms with Crippen LogP contribution in [0.25, 0.3) is 11.2 Å². The number of imidazole rings is 1. The standard InChI is InChI=1S/C18H20ClN5O3/c1-10(2)11-5-7-12(8-6-11)20-13(25)9-24-14-15(21-17(24)19)22(3)18(27)23(4)16(14)26/h5-8,10H,9H2,1-4H3,(H,20,25). The van der Waals surface area contributed by atoms with E-state index in [1.165, 1.54) is 28.8 Å². The molecule has 0 unspecified atom stereocenters. The van der Waals surface area contributed by atoms with Crippen molar-refractivity contribution in [2.24, 2.45) is 14.1 Å². The summed E-state index contributed by atoms with van der Waals surface area (Å²) in [6.07, 6.45) is 0. The first kappa shape index (κ1) is 18.9. The summed E-state index contributed by atoms with van der Waals surface area (Å²) in [5, 5.41) is 2.74. The molecule has 8 nitrogen and oxygen atoms in total. The SMILES string of the molecule is CC(C)c1ccc(NC(=O)Cn2c(Cl)nc3c2c(=O)n(C)c(=O)n3C)cc1. The van der Waals surface area contributed by atoms with Crippen molar-refractivity contribution in [2.75, 3.05) is 5.32 Å². The molecule has 0 saturated carbocycles. The second-order valence-corrected chi connectivity index (χ2v) is 7.01. The van der Waals surface area contributed by atoms with Crippen molar-refractivity contribution in [3.05, 3.63) is 56.0 Å². The van der Waals surface area contributed by atoms with E-state index in [1.807, 2.05) is 24.3 Å². The fraction of sp³-hybridized carbons (Fsp3) is 0.333. The van der Waals surface area contributed by atoms with Crippen LogP contribution in [0.15, 0.2) is 33.9 Å². The van der Waals surface area contributed by atoms with E-state index in [1.54, 1.807) is 0 Å². The zero-order valence-corrected chi connectivity index (χ0v) is 16.2. The first-order valence-corrected chi connectivity index (χ1v) is 8.80. The number of anilines is 1. The van der Waals surface area contributed by atoms with Gasteiger partial charge in [-0.15, -0.1) is 0 Å². The summed E-state index contributed by atoms with van der Waals surface area (Å²) in [5.41, 5.74) is 0.994. The lowest BCUT2D eigenvalue weighted by Gasteiger charge is -2.10. The number of hydrogen-bond acceptors (Lipinski definition) is 4. The number of hydrogen-bond donors (Lipinski definition) is 1. The number of benzene rings is 1. The predicted molar refractivity (Wildman–Crippen MR) is 104 cm³/mol. The molecule has 2 aromatic heterocycles. The molecule has 0 aliphatic heterocycles. The molecule has 0 bridgehead atoms. The van der Waals surface area contributed by atoms with Gasteiger partial charge in [-0.3, -0.25) is 23.3 Å². The monoisotopic (exact) mass is 389 g/mol. The number of amides is 1. The van der Waals surface area contributed by atoms with Crippen LogP contribution in [0.4, 0.5) is 5.69 Å². The van der Waals surface area contributed by atoms with Gasteiger partial charge in [0, 0.05) is 19.8 Å². The highest BCUT2D eigenvalue weighted by Gasteiger charge is 2.19. The molecule has 142 valence electrons. The highest BCUT2D eigenvalue weighted by molar-refractivity contribution is 6.29. The lowest BCUT2D eigenvalue weighted by atomic mass is 10.0. The van der Waals surface area contributed by atoms with Crippen molar-refractivity contribution in [1.29, 1.82) is 0 Å². The fourth-order valence-corrected chi connectivity index (χ4v) is 3.08. The molecule has 9 heteroatoms. The van der Waals surface area contributed by atoms with Gasteiger partial charge in [0.1, 0.15) is 6.54 Å². The molecule has 0 aliphatic carbocycles. The fourth-order valence-electron chi connectivity index (χ4n) is 2.86. The van der Waals surface area contributed by atoms with Crippen LogP contribution in [-0.4, -0.2) is 24.6 Å². The second-order valence-electron chi connectivity index (χ2n) is 6.67. The van der Waals surface area contributed by atoms with Crippen LogP contribution in [0.3, 0.4) is 0 Å². The molecule has 1 amide bonds. The Labute approximate surface area is 160 Å². The van der Waals surface area contributed by atoms with Crippen molar-refractivity contribution in [3.63, 3.8) is 0 Å². The minimum atomic E-state index is -0.554. The van der Waals surface area contributed by atoms with Crippen LogP contribution in [0.5, 0.6) is 0 Å². The molecule has 3 aromatic rings. The van der Waals surface area contributed by atoms with E-state index in [0.29, 0.717) is 11.6 Å². The number of aryl methyl sites for hydroxylation is 1. The van der Waals surface area contributed by atoms with Gasteiger partial charge in [-0.25, -0.2) is 4.79 Å². The Morgan fingerprint density at radius 2 is 1.78 bits per heavy atom. The van der Waals surface area contributed by atoms with E-state index in [9.17, 15) is 14.4 Å². The van der Waals surface area contributed by atoms with Crippen molar-refractivity contribution in [3.8, 4) is 0 Å². The molecule has 0 spiro atoms. The maximum atomic E-state index is 12.5. The molecule has 2 heterocycles. The zero-order chi connectivity index (χ0) is 19.9. The third-order valence-corrected chi connectivity index (χ3v) is 4.75. The van der Waals surface area contributed by atoms with Crippen LogP contribution >= 0.6 is 11.6 Å². The normalized spacial score (nSPS) is 11.3. The van der Waals surface area contributed by atoms with Crippen molar-refractivity contribution in [2.45, 2.75) is 26.3 Å². The quantitative estimate of drug-likeness (QED) is 0.689. The molecule has 0 saturated heterocycles. The first-order chi connectivity index (χ1) is 12.7. The smallest absolute Gasteiger partial charge is 0.325 e. The summed E-state index contributed by atoms with van der Waals surface area (Å²) in [4.78, 5) is 41.0. The van der Waals surface area contributed by atoms with Gasteiger partial charge in [0.25, 0.3) is 5.56 Å². The maximum Gasteiger partial charge on any atom is 0.332 e. The van der Waals surface area contributed by atoms with Crippen LogP contribution in [0.1, 0.15) is 25.3 Å². The van der Waals surface area contributed by atoms with Crippen molar-refractivity contribution < 1.29 is 4.79 Å². The number of rotatable bonds is 4. The van der Waals surface area contributed by atoms with Crippen LogP contribution in [-0.2, 0) is 25.4 Å². The first-order valence-electron chi connectivity index (χ1n) is 8.42. The number of nitrogens with one attached hydrogen (secondary N) is 1. The zero-order valence-electron chi connectivity index (χ0n) is 15.5. The Morgan fingerprint density at radius 3 is 2.37 bits per heavy atom. The van der Waals surface area contributed by atoms with Crippen LogP contribution in [0, 0.1) is 0 Å². The number of fused-ring (bicyclic) bond motifs is 1. The van der Waals surface area contributed by atoms with Crippen molar-refractivity contribution in [1.82, 2.24) is 18.7 Å². The molecule has 3 rings (SSSR count).